The first-order chi connectivity index (χ1) is 11.0. The van der Waals surface area contributed by atoms with Crippen LogP contribution in [0.15, 0.2) is 54.6 Å². The van der Waals surface area contributed by atoms with Gasteiger partial charge in [0.2, 0.25) is 0 Å². The molecule has 118 valence electrons. The molecule has 1 saturated heterocycles. The Labute approximate surface area is 135 Å². The van der Waals surface area contributed by atoms with Gasteiger partial charge in [0.15, 0.2) is 0 Å². The van der Waals surface area contributed by atoms with Gasteiger partial charge in [0.05, 0.1) is 6.54 Å². The maximum atomic E-state index is 12.0. The predicted molar refractivity (Wildman–Crippen MR) is 89.3 cm³/mol. The molecule has 0 bridgehead atoms. The third-order valence-electron chi connectivity index (χ3n) is 4.09. The van der Waals surface area contributed by atoms with Crippen molar-refractivity contribution in [1.29, 1.82) is 0 Å². The summed E-state index contributed by atoms with van der Waals surface area (Å²) in [7, 11) is 0. The zero-order valence-corrected chi connectivity index (χ0v) is 13.2. The molecule has 0 aromatic heterocycles. The molecule has 1 heterocycles. The first-order valence-corrected chi connectivity index (χ1v) is 7.51. The maximum Gasteiger partial charge on any atom is 0.325 e. The maximum absolute atomic E-state index is 12.0. The Morgan fingerprint density at radius 1 is 1.00 bits per heavy atom. The van der Waals surface area contributed by atoms with Crippen LogP contribution in [0, 0.1) is 0 Å². The highest BCUT2D eigenvalue weighted by atomic mass is 16.2. The van der Waals surface area contributed by atoms with Gasteiger partial charge < -0.3 is 10.2 Å². The van der Waals surface area contributed by atoms with Gasteiger partial charge in [-0.15, -0.1) is 0 Å². The van der Waals surface area contributed by atoms with Gasteiger partial charge in [-0.1, -0.05) is 36.4 Å². The molecule has 1 aliphatic heterocycles. The first-order valence-electron chi connectivity index (χ1n) is 7.51. The summed E-state index contributed by atoms with van der Waals surface area (Å²) in [6.45, 7) is 3.86. The lowest BCUT2D eigenvalue weighted by Crippen LogP contribution is -2.43. The molecule has 0 atom stereocenters. The second-order valence-corrected chi connectivity index (χ2v) is 6.05. The standard InChI is InChI=1S/C18H19N3O2/c1-18(2)16(22)20-17(23)21(18)12-13-8-6-7-11-15(13)19-14-9-4-3-5-10-14/h3-11,19H,12H2,1-2H3,(H,20,22,23). The van der Waals surface area contributed by atoms with E-state index < -0.39 is 5.54 Å². The molecule has 5 heteroatoms. The van der Waals surface area contributed by atoms with Crippen molar-refractivity contribution < 1.29 is 9.59 Å². The first kappa shape index (κ1) is 15.1. The summed E-state index contributed by atoms with van der Waals surface area (Å²) in [5.41, 5.74) is 1.99. The molecular weight excluding hydrogens is 290 g/mol. The topological polar surface area (TPSA) is 61.4 Å². The van der Waals surface area contributed by atoms with Gasteiger partial charge in [0.25, 0.3) is 5.91 Å². The molecule has 3 rings (SSSR count). The highest BCUT2D eigenvalue weighted by Crippen LogP contribution is 2.27. The van der Waals surface area contributed by atoms with Crippen molar-refractivity contribution in [3.05, 3.63) is 60.2 Å². The lowest BCUT2D eigenvalue weighted by atomic mass is 10.0. The van der Waals surface area contributed by atoms with Crippen molar-refractivity contribution in [2.45, 2.75) is 25.9 Å². The van der Waals surface area contributed by atoms with E-state index in [1.165, 1.54) is 0 Å². The fraction of sp³-hybridized carbons (Fsp3) is 0.222. The fourth-order valence-electron chi connectivity index (χ4n) is 2.59. The molecule has 0 saturated carbocycles. The third kappa shape index (κ3) is 2.90. The van der Waals surface area contributed by atoms with Crippen molar-refractivity contribution in [3.8, 4) is 0 Å². The molecule has 5 nitrogen and oxygen atoms in total. The largest absolute Gasteiger partial charge is 0.355 e. The molecule has 1 fully saturated rings. The minimum absolute atomic E-state index is 0.268. The molecule has 0 radical (unpaired) electrons. The monoisotopic (exact) mass is 309 g/mol. The third-order valence-corrected chi connectivity index (χ3v) is 4.09. The van der Waals surface area contributed by atoms with E-state index in [0.29, 0.717) is 6.54 Å². The van der Waals surface area contributed by atoms with Crippen LogP contribution in [0.5, 0.6) is 0 Å². The Balaban J connectivity index is 1.87. The lowest BCUT2D eigenvalue weighted by molar-refractivity contribution is -0.125. The van der Waals surface area contributed by atoms with Crippen LogP contribution in [0.1, 0.15) is 19.4 Å². The molecule has 2 N–H and O–H groups in total. The van der Waals surface area contributed by atoms with Crippen LogP contribution in [0.2, 0.25) is 0 Å². The smallest absolute Gasteiger partial charge is 0.325 e. The van der Waals surface area contributed by atoms with Gasteiger partial charge in [-0.05, 0) is 37.6 Å². The number of carbonyl (C=O) groups is 2. The van der Waals surface area contributed by atoms with Crippen LogP contribution in [-0.4, -0.2) is 22.4 Å². The van der Waals surface area contributed by atoms with E-state index in [0.717, 1.165) is 16.9 Å². The van der Waals surface area contributed by atoms with E-state index in [4.69, 9.17) is 0 Å². The summed E-state index contributed by atoms with van der Waals surface area (Å²) in [6, 6.07) is 17.3. The Hall–Kier alpha value is -2.82. The molecule has 1 aliphatic rings. The quantitative estimate of drug-likeness (QED) is 0.852. The molecular formula is C18H19N3O2. The van der Waals surface area contributed by atoms with Crippen LogP contribution in [0.4, 0.5) is 16.2 Å². The van der Waals surface area contributed by atoms with Gasteiger partial charge in [-0.2, -0.15) is 0 Å². The minimum atomic E-state index is -0.850. The Kier molecular flexibility index (Phi) is 3.78. The van der Waals surface area contributed by atoms with Crippen molar-refractivity contribution in [2.75, 3.05) is 5.32 Å². The highest BCUT2D eigenvalue weighted by molar-refractivity contribution is 6.06. The fourth-order valence-corrected chi connectivity index (χ4v) is 2.59. The Bertz CT molecular complexity index is 741. The molecule has 0 unspecified atom stereocenters. The zero-order valence-electron chi connectivity index (χ0n) is 13.2. The zero-order chi connectivity index (χ0) is 16.4. The van der Waals surface area contributed by atoms with Crippen LogP contribution >= 0.6 is 0 Å². The average Bonchev–Trinajstić information content (AvgIpc) is 2.72. The second-order valence-electron chi connectivity index (χ2n) is 6.05. The van der Waals surface area contributed by atoms with Gasteiger partial charge in [0, 0.05) is 11.4 Å². The van der Waals surface area contributed by atoms with Crippen molar-refractivity contribution in [2.24, 2.45) is 0 Å². The summed E-state index contributed by atoms with van der Waals surface area (Å²) >= 11 is 0. The Morgan fingerprint density at radius 2 is 1.65 bits per heavy atom. The summed E-state index contributed by atoms with van der Waals surface area (Å²) in [4.78, 5) is 25.5. The number of imide groups is 1. The second kappa shape index (κ2) is 5.76. The van der Waals surface area contributed by atoms with Gasteiger partial charge in [0.1, 0.15) is 5.54 Å². The number of benzene rings is 2. The number of anilines is 2. The summed E-state index contributed by atoms with van der Waals surface area (Å²) in [5.74, 6) is -0.268. The summed E-state index contributed by atoms with van der Waals surface area (Å²) in [5, 5.41) is 5.73. The number of nitrogens with zero attached hydrogens (tertiary/aromatic N) is 1. The molecule has 3 amide bonds. The number of rotatable bonds is 4. The summed E-state index contributed by atoms with van der Waals surface area (Å²) in [6.07, 6.45) is 0. The SMILES string of the molecule is CC1(C)C(=O)NC(=O)N1Cc1ccccc1Nc1ccccc1. The van der Waals surface area contributed by atoms with E-state index >= 15 is 0 Å². The number of hydrogen-bond acceptors (Lipinski definition) is 3. The van der Waals surface area contributed by atoms with E-state index in [1.807, 2.05) is 54.6 Å². The number of para-hydroxylation sites is 2. The number of amides is 3. The van der Waals surface area contributed by atoms with E-state index in [-0.39, 0.29) is 11.9 Å². The minimum Gasteiger partial charge on any atom is -0.355 e. The lowest BCUT2D eigenvalue weighted by Gasteiger charge is -2.28. The van der Waals surface area contributed by atoms with Gasteiger partial charge >= 0.3 is 6.03 Å². The van der Waals surface area contributed by atoms with Crippen LogP contribution in [0.25, 0.3) is 0 Å². The highest BCUT2D eigenvalue weighted by Gasteiger charge is 2.45. The molecule has 0 aliphatic carbocycles. The molecule has 0 spiro atoms. The Morgan fingerprint density at radius 3 is 2.30 bits per heavy atom. The van der Waals surface area contributed by atoms with Crippen LogP contribution < -0.4 is 10.6 Å². The number of nitrogens with one attached hydrogen (secondary N) is 2. The normalized spacial score (nSPS) is 16.3. The summed E-state index contributed by atoms with van der Waals surface area (Å²) < 4.78 is 0. The van der Waals surface area contributed by atoms with Gasteiger partial charge in [-0.25, -0.2) is 4.79 Å². The molecule has 23 heavy (non-hydrogen) atoms. The molecule has 2 aromatic rings. The number of hydrogen-bond donors (Lipinski definition) is 2. The van der Waals surface area contributed by atoms with Crippen molar-refractivity contribution in [1.82, 2.24) is 10.2 Å². The van der Waals surface area contributed by atoms with Gasteiger partial charge in [-0.3, -0.25) is 10.1 Å². The van der Waals surface area contributed by atoms with Crippen LogP contribution in [0.3, 0.4) is 0 Å². The molecule has 2 aromatic carbocycles. The number of carbonyl (C=O) groups excluding carboxylic acids is 2. The van der Waals surface area contributed by atoms with Crippen molar-refractivity contribution in [3.63, 3.8) is 0 Å². The van der Waals surface area contributed by atoms with E-state index in [9.17, 15) is 9.59 Å². The van der Waals surface area contributed by atoms with Crippen molar-refractivity contribution >= 4 is 23.3 Å². The average molecular weight is 309 g/mol. The van der Waals surface area contributed by atoms with E-state index in [2.05, 4.69) is 10.6 Å². The van der Waals surface area contributed by atoms with Crippen LogP contribution in [-0.2, 0) is 11.3 Å². The van der Waals surface area contributed by atoms with E-state index in [1.54, 1.807) is 18.7 Å². The number of urea groups is 1. The predicted octanol–water partition coefficient (Wildman–Crippen LogP) is 3.26.